The van der Waals surface area contributed by atoms with E-state index in [1.165, 1.54) is 0 Å². The van der Waals surface area contributed by atoms with Crippen LogP contribution in [0.1, 0.15) is 31.2 Å². The van der Waals surface area contributed by atoms with Gasteiger partial charge in [-0.2, -0.15) is 0 Å². The molecule has 2 atom stereocenters. The fourth-order valence-corrected chi connectivity index (χ4v) is 2.49. The largest absolute Gasteiger partial charge is 0.481 e. The molecule has 4 heteroatoms. The first kappa shape index (κ1) is 16.1. The summed E-state index contributed by atoms with van der Waals surface area (Å²) in [5.41, 5.74) is 1.97. The predicted octanol–water partition coefficient (Wildman–Crippen LogP) is 4.39. The Bertz CT molecular complexity index is 802. The Labute approximate surface area is 141 Å². The molecule has 0 aliphatic carbocycles. The number of fused-ring (bicyclic) bond motifs is 1. The summed E-state index contributed by atoms with van der Waals surface area (Å²) in [7, 11) is 0. The SMILES string of the molecule is Cc1ccc(OC(C)C(=O)NC(C)c2cc3ccccc3o2)cc1. The topological polar surface area (TPSA) is 51.5 Å². The number of ether oxygens (including phenoxy) is 1. The minimum atomic E-state index is -0.584. The number of carbonyl (C=O) groups excluding carboxylic acids is 1. The normalized spacial score (nSPS) is 13.5. The molecule has 3 aromatic rings. The van der Waals surface area contributed by atoms with Gasteiger partial charge in [0.25, 0.3) is 5.91 Å². The van der Waals surface area contributed by atoms with E-state index in [0.717, 1.165) is 22.3 Å². The first-order valence-corrected chi connectivity index (χ1v) is 8.05. The van der Waals surface area contributed by atoms with Crippen LogP contribution < -0.4 is 10.1 Å². The summed E-state index contributed by atoms with van der Waals surface area (Å²) in [5.74, 6) is 1.23. The van der Waals surface area contributed by atoms with E-state index in [1.807, 2.05) is 68.4 Å². The molecule has 2 aromatic carbocycles. The van der Waals surface area contributed by atoms with Gasteiger partial charge >= 0.3 is 0 Å². The van der Waals surface area contributed by atoms with Gasteiger partial charge in [0.1, 0.15) is 17.1 Å². The second-order valence-corrected chi connectivity index (χ2v) is 5.99. The molecule has 0 spiro atoms. The Hall–Kier alpha value is -2.75. The summed E-state index contributed by atoms with van der Waals surface area (Å²) in [4.78, 5) is 12.3. The van der Waals surface area contributed by atoms with Gasteiger partial charge in [0.05, 0.1) is 6.04 Å². The van der Waals surface area contributed by atoms with Crippen molar-refractivity contribution in [3.8, 4) is 5.75 Å². The maximum Gasteiger partial charge on any atom is 0.261 e. The summed E-state index contributed by atoms with van der Waals surface area (Å²) >= 11 is 0. The molecule has 2 unspecified atom stereocenters. The van der Waals surface area contributed by atoms with Crippen molar-refractivity contribution in [3.05, 3.63) is 65.9 Å². The number of rotatable bonds is 5. The molecule has 0 bridgehead atoms. The molecule has 0 saturated carbocycles. The summed E-state index contributed by atoms with van der Waals surface area (Å²) in [6.45, 7) is 5.64. The van der Waals surface area contributed by atoms with Crippen LogP contribution in [0.3, 0.4) is 0 Å². The number of benzene rings is 2. The lowest BCUT2D eigenvalue weighted by atomic mass is 10.2. The van der Waals surface area contributed by atoms with Crippen molar-refractivity contribution in [1.29, 1.82) is 0 Å². The third-order valence-corrected chi connectivity index (χ3v) is 3.93. The van der Waals surface area contributed by atoms with E-state index in [1.54, 1.807) is 6.92 Å². The number of para-hydroxylation sites is 1. The number of carbonyl (C=O) groups is 1. The number of amides is 1. The third kappa shape index (κ3) is 3.59. The second kappa shape index (κ2) is 6.79. The zero-order valence-corrected chi connectivity index (χ0v) is 14.1. The predicted molar refractivity (Wildman–Crippen MR) is 94.0 cm³/mol. The Kier molecular flexibility index (Phi) is 4.56. The van der Waals surface area contributed by atoms with Crippen molar-refractivity contribution >= 4 is 16.9 Å². The third-order valence-electron chi connectivity index (χ3n) is 3.93. The molecule has 0 aliphatic heterocycles. The van der Waals surface area contributed by atoms with Gasteiger partial charge in [-0.05, 0) is 45.0 Å². The number of nitrogens with one attached hydrogen (secondary N) is 1. The summed E-state index contributed by atoms with van der Waals surface area (Å²) in [6.07, 6.45) is -0.584. The van der Waals surface area contributed by atoms with Gasteiger partial charge in [0.2, 0.25) is 0 Å². The molecule has 0 aliphatic rings. The highest BCUT2D eigenvalue weighted by atomic mass is 16.5. The van der Waals surface area contributed by atoms with E-state index in [0.29, 0.717) is 5.75 Å². The van der Waals surface area contributed by atoms with Crippen molar-refractivity contribution in [3.63, 3.8) is 0 Å². The van der Waals surface area contributed by atoms with Gasteiger partial charge in [-0.15, -0.1) is 0 Å². The molecular weight excluding hydrogens is 302 g/mol. The lowest BCUT2D eigenvalue weighted by Crippen LogP contribution is -2.37. The van der Waals surface area contributed by atoms with Crippen LogP contribution in [0, 0.1) is 6.92 Å². The molecule has 1 N–H and O–H groups in total. The number of hydrogen-bond acceptors (Lipinski definition) is 3. The monoisotopic (exact) mass is 323 g/mol. The Morgan fingerprint density at radius 3 is 2.50 bits per heavy atom. The van der Waals surface area contributed by atoms with Crippen molar-refractivity contribution < 1.29 is 13.9 Å². The number of aryl methyl sites for hydroxylation is 1. The molecule has 3 rings (SSSR count). The van der Waals surface area contributed by atoms with E-state index >= 15 is 0 Å². The molecule has 4 nitrogen and oxygen atoms in total. The van der Waals surface area contributed by atoms with Crippen LogP contribution in [0.4, 0.5) is 0 Å². The minimum Gasteiger partial charge on any atom is -0.481 e. The molecule has 0 saturated heterocycles. The van der Waals surface area contributed by atoms with E-state index in [-0.39, 0.29) is 11.9 Å². The zero-order chi connectivity index (χ0) is 17.1. The van der Waals surface area contributed by atoms with Crippen LogP contribution in [-0.4, -0.2) is 12.0 Å². The van der Waals surface area contributed by atoms with Gasteiger partial charge < -0.3 is 14.5 Å². The van der Waals surface area contributed by atoms with Gasteiger partial charge in [-0.3, -0.25) is 4.79 Å². The lowest BCUT2D eigenvalue weighted by molar-refractivity contribution is -0.128. The summed E-state index contributed by atoms with van der Waals surface area (Å²) < 4.78 is 11.5. The smallest absolute Gasteiger partial charge is 0.261 e. The zero-order valence-electron chi connectivity index (χ0n) is 14.1. The molecule has 0 radical (unpaired) electrons. The minimum absolute atomic E-state index is 0.177. The summed E-state index contributed by atoms with van der Waals surface area (Å²) in [5, 5.41) is 3.96. The maximum atomic E-state index is 12.3. The first-order chi connectivity index (χ1) is 11.5. The molecule has 0 fully saturated rings. The van der Waals surface area contributed by atoms with Crippen LogP contribution >= 0.6 is 0 Å². The van der Waals surface area contributed by atoms with Crippen LogP contribution in [0.25, 0.3) is 11.0 Å². The fraction of sp³-hybridized carbons (Fsp3) is 0.250. The average Bonchev–Trinajstić information content (AvgIpc) is 3.01. The Morgan fingerprint density at radius 2 is 1.79 bits per heavy atom. The van der Waals surface area contributed by atoms with E-state index < -0.39 is 6.10 Å². The van der Waals surface area contributed by atoms with Crippen molar-refractivity contribution in [2.45, 2.75) is 32.9 Å². The highest BCUT2D eigenvalue weighted by Gasteiger charge is 2.19. The standard InChI is InChI=1S/C20H21NO3/c1-13-8-10-17(11-9-13)23-15(3)20(22)21-14(2)19-12-16-6-4-5-7-18(16)24-19/h4-12,14-15H,1-3H3,(H,21,22). The van der Waals surface area contributed by atoms with Crippen LogP contribution in [0.2, 0.25) is 0 Å². The molecule has 124 valence electrons. The Balaban J connectivity index is 1.63. The molecule has 1 heterocycles. The number of furan rings is 1. The summed E-state index contributed by atoms with van der Waals surface area (Å²) in [6, 6.07) is 17.1. The second-order valence-electron chi connectivity index (χ2n) is 5.99. The highest BCUT2D eigenvalue weighted by molar-refractivity contribution is 5.82. The van der Waals surface area contributed by atoms with E-state index in [4.69, 9.17) is 9.15 Å². The molecular formula is C20H21NO3. The van der Waals surface area contributed by atoms with E-state index in [9.17, 15) is 4.79 Å². The van der Waals surface area contributed by atoms with Crippen LogP contribution in [0.15, 0.2) is 59.0 Å². The maximum absolute atomic E-state index is 12.3. The van der Waals surface area contributed by atoms with Crippen LogP contribution in [0.5, 0.6) is 5.75 Å². The van der Waals surface area contributed by atoms with Crippen molar-refractivity contribution in [2.75, 3.05) is 0 Å². The molecule has 1 amide bonds. The van der Waals surface area contributed by atoms with Gasteiger partial charge in [-0.25, -0.2) is 0 Å². The molecule has 24 heavy (non-hydrogen) atoms. The quantitative estimate of drug-likeness (QED) is 0.758. The van der Waals surface area contributed by atoms with Crippen LogP contribution in [-0.2, 0) is 4.79 Å². The highest BCUT2D eigenvalue weighted by Crippen LogP contribution is 2.23. The van der Waals surface area contributed by atoms with E-state index in [2.05, 4.69) is 5.32 Å². The lowest BCUT2D eigenvalue weighted by Gasteiger charge is -2.17. The molecule has 1 aromatic heterocycles. The van der Waals surface area contributed by atoms with Crippen molar-refractivity contribution in [2.24, 2.45) is 0 Å². The van der Waals surface area contributed by atoms with Crippen molar-refractivity contribution in [1.82, 2.24) is 5.32 Å². The van der Waals surface area contributed by atoms with Gasteiger partial charge in [0.15, 0.2) is 6.10 Å². The van der Waals surface area contributed by atoms with Gasteiger partial charge in [0, 0.05) is 5.39 Å². The average molecular weight is 323 g/mol. The Morgan fingerprint density at radius 1 is 1.08 bits per heavy atom. The van der Waals surface area contributed by atoms with Gasteiger partial charge in [-0.1, -0.05) is 35.9 Å². The number of hydrogen-bond donors (Lipinski definition) is 1. The first-order valence-electron chi connectivity index (χ1n) is 8.05. The fourth-order valence-electron chi connectivity index (χ4n) is 2.49.